The molecular formula is C27H37N5O5. The lowest BCUT2D eigenvalue weighted by Gasteiger charge is -2.38. The predicted octanol–water partition coefficient (Wildman–Crippen LogP) is 3.60. The van der Waals surface area contributed by atoms with Crippen molar-refractivity contribution in [2.45, 2.75) is 45.9 Å². The lowest BCUT2D eigenvalue weighted by atomic mass is 9.99. The minimum Gasteiger partial charge on any atom is -0.487 e. The number of nitrogens with zero attached hydrogens (tertiary/aromatic N) is 2. The maximum absolute atomic E-state index is 13.5. The van der Waals surface area contributed by atoms with Crippen molar-refractivity contribution in [1.29, 1.82) is 0 Å². The van der Waals surface area contributed by atoms with E-state index in [-0.39, 0.29) is 48.6 Å². The van der Waals surface area contributed by atoms with Gasteiger partial charge in [-0.2, -0.15) is 0 Å². The van der Waals surface area contributed by atoms with Crippen molar-refractivity contribution in [1.82, 2.24) is 15.1 Å². The molecule has 1 aliphatic rings. The molecule has 4 N–H and O–H groups in total. The van der Waals surface area contributed by atoms with Gasteiger partial charge >= 0.3 is 12.1 Å². The van der Waals surface area contributed by atoms with E-state index in [2.05, 4.69) is 16.0 Å². The fourth-order valence-electron chi connectivity index (χ4n) is 4.04. The third-order valence-corrected chi connectivity index (χ3v) is 6.17. The number of likely N-dealkylation sites (N-methyl/N-ethyl adjacent to an activating group) is 1. The molecule has 0 saturated carbocycles. The van der Waals surface area contributed by atoms with Crippen LogP contribution in [0.25, 0.3) is 0 Å². The molecule has 0 bridgehead atoms. The molecule has 0 spiro atoms. The molecule has 10 heteroatoms. The van der Waals surface area contributed by atoms with Gasteiger partial charge in [0.2, 0.25) is 0 Å². The van der Waals surface area contributed by atoms with Crippen LogP contribution < -0.4 is 20.7 Å². The van der Waals surface area contributed by atoms with E-state index in [1.807, 2.05) is 51.1 Å². The Kier molecular flexibility index (Phi) is 9.35. The molecule has 0 saturated heterocycles. The maximum Gasteiger partial charge on any atom is 0.321 e. The summed E-state index contributed by atoms with van der Waals surface area (Å²) in [4.78, 5) is 41.7. The average Bonchev–Trinajstić information content (AvgIpc) is 2.86. The van der Waals surface area contributed by atoms with Gasteiger partial charge in [-0.1, -0.05) is 25.1 Å². The number of nitrogens with one attached hydrogen (secondary N) is 3. The van der Waals surface area contributed by atoms with E-state index in [1.54, 1.807) is 42.0 Å². The van der Waals surface area contributed by atoms with Crippen LogP contribution in [0.4, 0.5) is 21.0 Å². The minimum absolute atomic E-state index is 0.0477. The summed E-state index contributed by atoms with van der Waals surface area (Å²) < 4.78 is 6.32. The summed E-state index contributed by atoms with van der Waals surface area (Å²) in [5.74, 6) is -0.0963. The highest BCUT2D eigenvalue weighted by molar-refractivity contribution is 5.99. The highest BCUT2D eigenvalue weighted by Gasteiger charge is 2.34. The molecule has 1 heterocycles. The summed E-state index contributed by atoms with van der Waals surface area (Å²) in [5.41, 5.74) is 1.40. The normalized spacial score (nSPS) is 18.1. The van der Waals surface area contributed by atoms with Crippen LogP contribution in [-0.4, -0.2) is 77.8 Å². The summed E-state index contributed by atoms with van der Waals surface area (Å²) in [6.45, 7) is 7.83. The smallest absolute Gasteiger partial charge is 0.321 e. The molecule has 10 nitrogen and oxygen atoms in total. The van der Waals surface area contributed by atoms with E-state index in [0.717, 1.165) is 0 Å². The Bertz CT molecular complexity index is 1090. The maximum atomic E-state index is 13.5. The number of aliphatic hydroxyl groups is 1. The Morgan fingerprint density at radius 2 is 1.81 bits per heavy atom. The van der Waals surface area contributed by atoms with Crippen LogP contribution in [0.15, 0.2) is 48.5 Å². The standard InChI is InChI=1S/C27H37N5O5/c1-17(2)28-26(35)29-21-11-12-23-22(13-21)25(34)32(19(4)16-33)14-18(3)24(37-23)15-31(5)27(36)30-20-9-7-6-8-10-20/h6-13,17-19,24,33H,14-16H2,1-5H3,(H,30,36)(H2,28,29,35)/t18-,19+,24+/m0/s1. The SMILES string of the molecule is CC(C)NC(=O)Nc1ccc2c(c1)C(=O)N([C@H](C)CO)C[C@H](C)[C@@H](CN(C)C(=O)Nc1ccccc1)O2. The fraction of sp³-hybridized carbons (Fsp3) is 0.444. The summed E-state index contributed by atoms with van der Waals surface area (Å²) >= 11 is 0. The van der Waals surface area contributed by atoms with Crippen molar-refractivity contribution in [2.75, 3.05) is 37.4 Å². The monoisotopic (exact) mass is 511 g/mol. The quantitative estimate of drug-likeness (QED) is 0.452. The summed E-state index contributed by atoms with van der Waals surface area (Å²) in [7, 11) is 1.69. The Morgan fingerprint density at radius 1 is 1.11 bits per heavy atom. The first kappa shape index (κ1) is 27.8. The zero-order valence-corrected chi connectivity index (χ0v) is 22.0. The number of amides is 5. The van der Waals surface area contributed by atoms with Gasteiger partial charge in [-0.15, -0.1) is 0 Å². The second-order valence-corrected chi connectivity index (χ2v) is 9.76. The van der Waals surface area contributed by atoms with Crippen LogP contribution in [0.3, 0.4) is 0 Å². The van der Waals surface area contributed by atoms with Crippen molar-refractivity contribution in [2.24, 2.45) is 5.92 Å². The van der Waals surface area contributed by atoms with Crippen LogP contribution in [-0.2, 0) is 0 Å². The van der Waals surface area contributed by atoms with Crippen molar-refractivity contribution in [3.8, 4) is 5.75 Å². The molecule has 1 aliphatic heterocycles. The molecule has 0 aliphatic carbocycles. The van der Waals surface area contributed by atoms with E-state index in [0.29, 0.717) is 23.7 Å². The van der Waals surface area contributed by atoms with E-state index in [4.69, 9.17) is 4.74 Å². The summed E-state index contributed by atoms with van der Waals surface area (Å²) in [6.07, 6.45) is -0.435. The molecule has 0 unspecified atom stereocenters. The highest BCUT2D eigenvalue weighted by Crippen LogP contribution is 2.30. The van der Waals surface area contributed by atoms with Gasteiger partial charge in [-0.25, -0.2) is 9.59 Å². The molecule has 3 rings (SSSR count). The molecule has 200 valence electrons. The number of aliphatic hydroxyl groups excluding tert-OH is 1. The van der Waals surface area contributed by atoms with Crippen LogP contribution >= 0.6 is 0 Å². The number of benzene rings is 2. The Balaban J connectivity index is 1.86. The number of carbonyl (C=O) groups excluding carboxylic acids is 3. The van der Waals surface area contributed by atoms with E-state index in [1.165, 1.54) is 0 Å². The second kappa shape index (κ2) is 12.4. The van der Waals surface area contributed by atoms with E-state index in [9.17, 15) is 19.5 Å². The first-order valence-electron chi connectivity index (χ1n) is 12.5. The molecule has 0 radical (unpaired) electrons. The number of hydrogen-bond acceptors (Lipinski definition) is 5. The molecule has 2 aromatic carbocycles. The topological polar surface area (TPSA) is 123 Å². The molecule has 0 fully saturated rings. The lowest BCUT2D eigenvalue weighted by Crippen LogP contribution is -2.50. The largest absolute Gasteiger partial charge is 0.487 e. The van der Waals surface area contributed by atoms with Crippen molar-refractivity contribution < 1.29 is 24.2 Å². The lowest BCUT2D eigenvalue weighted by molar-refractivity contribution is 0.0371. The van der Waals surface area contributed by atoms with E-state index < -0.39 is 12.1 Å². The number of para-hydroxylation sites is 1. The highest BCUT2D eigenvalue weighted by atomic mass is 16.5. The number of hydrogen-bond donors (Lipinski definition) is 4. The number of fused-ring (bicyclic) bond motifs is 1. The van der Waals surface area contributed by atoms with Gasteiger partial charge in [0, 0.05) is 36.9 Å². The van der Waals surface area contributed by atoms with Crippen molar-refractivity contribution in [3.05, 3.63) is 54.1 Å². The number of ether oxygens (including phenoxy) is 1. The number of anilines is 2. The van der Waals surface area contributed by atoms with Crippen LogP contribution in [0.2, 0.25) is 0 Å². The van der Waals surface area contributed by atoms with Crippen molar-refractivity contribution in [3.63, 3.8) is 0 Å². The minimum atomic E-state index is -0.435. The molecule has 37 heavy (non-hydrogen) atoms. The van der Waals surface area contributed by atoms with Gasteiger partial charge in [-0.3, -0.25) is 4.79 Å². The third kappa shape index (κ3) is 7.36. The van der Waals surface area contributed by atoms with Gasteiger partial charge in [0.1, 0.15) is 11.9 Å². The van der Waals surface area contributed by atoms with Crippen LogP contribution in [0.1, 0.15) is 38.1 Å². The Labute approximate surface area is 218 Å². The zero-order chi connectivity index (χ0) is 27.1. The predicted molar refractivity (Wildman–Crippen MR) is 143 cm³/mol. The van der Waals surface area contributed by atoms with Gasteiger partial charge in [-0.05, 0) is 51.1 Å². The zero-order valence-electron chi connectivity index (χ0n) is 22.0. The molecule has 2 aromatic rings. The second-order valence-electron chi connectivity index (χ2n) is 9.76. The van der Waals surface area contributed by atoms with Crippen molar-refractivity contribution >= 4 is 29.3 Å². The van der Waals surface area contributed by atoms with Gasteiger partial charge in [0.05, 0.1) is 24.8 Å². The number of carbonyl (C=O) groups is 3. The molecule has 5 amide bonds. The van der Waals surface area contributed by atoms with Crippen LogP contribution in [0.5, 0.6) is 5.75 Å². The van der Waals surface area contributed by atoms with Gasteiger partial charge in [0.15, 0.2) is 0 Å². The number of rotatable bonds is 7. The first-order valence-corrected chi connectivity index (χ1v) is 12.5. The first-order chi connectivity index (χ1) is 17.6. The summed E-state index contributed by atoms with van der Waals surface area (Å²) in [6, 6.07) is 12.9. The Morgan fingerprint density at radius 3 is 2.46 bits per heavy atom. The molecule has 3 atom stereocenters. The van der Waals surface area contributed by atoms with Crippen LogP contribution in [0, 0.1) is 5.92 Å². The third-order valence-electron chi connectivity index (χ3n) is 6.17. The molecule has 0 aromatic heterocycles. The van der Waals surface area contributed by atoms with Gasteiger partial charge in [0.25, 0.3) is 5.91 Å². The summed E-state index contributed by atoms with van der Waals surface area (Å²) in [5, 5.41) is 18.2. The van der Waals surface area contributed by atoms with E-state index >= 15 is 0 Å². The Hall–Kier alpha value is -3.79. The molecular weight excluding hydrogens is 474 g/mol. The average molecular weight is 512 g/mol. The van der Waals surface area contributed by atoms with Gasteiger partial charge < -0.3 is 35.6 Å². The number of urea groups is 2. The fourth-order valence-corrected chi connectivity index (χ4v) is 4.04.